The van der Waals surface area contributed by atoms with Crippen LogP contribution in [0.3, 0.4) is 0 Å². The SMILES string of the molecule is C[C@@H]1[C@@H](O)[C@@H](N(C)C)C[C@H]2COC[C@@H]21. The number of nitrogens with zero attached hydrogens (tertiary/aromatic N) is 1. The van der Waals surface area contributed by atoms with Crippen LogP contribution in [0.25, 0.3) is 0 Å². The van der Waals surface area contributed by atoms with Crippen LogP contribution < -0.4 is 0 Å². The standard InChI is InChI=1S/C11H21NO2/c1-7-9-6-14-5-8(9)4-10(11(7)13)12(2)3/h7-11,13H,4-6H2,1-3H3/t7-,8-,9+,10-,11+/m0/s1. The lowest BCUT2D eigenvalue weighted by molar-refractivity contribution is -0.0341. The van der Waals surface area contributed by atoms with Gasteiger partial charge in [-0.05, 0) is 38.3 Å². The summed E-state index contributed by atoms with van der Waals surface area (Å²) in [6.45, 7) is 3.90. The topological polar surface area (TPSA) is 32.7 Å². The van der Waals surface area contributed by atoms with Gasteiger partial charge in [0.2, 0.25) is 0 Å². The van der Waals surface area contributed by atoms with Crippen molar-refractivity contribution in [2.75, 3.05) is 27.3 Å². The number of rotatable bonds is 1. The Labute approximate surface area is 86.0 Å². The monoisotopic (exact) mass is 199 g/mol. The zero-order valence-electron chi connectivity index (χ0n) is 9.31. The first-order valence-electron chi connectivity index (χ1n) is 5.53. The zero-order chi connectivity index (χ0) is 10.3. The highest BCUT2D eigenvalue weighted by atomic mass is 16.5. The minimum Gasteiger partial charge on any atom is -0.391 e. The van der Waals surface area contributed by atoms with Crippen molar-refractivity contribution in [1.29, 1.82) is 0 Å². The number of aliphatic hydroxyl groups excluding tert-OH is 1. The maximum absolute atomic E-state index is 10.2. The molecular weight excluding hydrogens is 178 g/mol. The molecule has 0 aromatic carbocycles. The lowest BCUT2D eigenvalue weighted by Gasteiger charge is -2.42. The summed E-state index contributed by atoms with van der Waals surface area (Å²) in [5, 5.41) is 10.2. The van der Waals surface area contributed by atoms with E-state index >= 15 is 0 Å². The van der Waals surface area contributed by atoms with E-state index < -0.39 is 0 Å². The quantitative estimate of drug-likeness (QED) is 0.670. The van der Waals surface area contributed by atoms with E-state index in [0.29, 0.717) is 23.8 Å². The summed E-state index contributed by atoms with van der Waals surface area (Å²) in [4.78, 5) is 2.15. The van der Waals surface area contributed by atoms with E-state index in [2.05, 4.69) is 25.9 Å². The molecule has 0 amide bonds. The number of hydrogen-bond acceptors (Lipinski definition) is 3. The summed E-state index contributed by atoms with van der Waals surface area (Å²) in [6, 6.07) is 0.313. The molecule has 82 valence electrons. The molecule has 0 aromatic heterocycles. The van der Waals surface area contributed by atoms with Gasteiger partial charge >= 0.3 is 0 Å². The van der Waals surface area contributed by atoms with Crippen LogP contribution in [0, 0.1) is 17.8 Å². The van der Waals surface area contributed by atoms with Crippen LogP contribution >= 0.6 is 0 Å². The number of ether oxygens (including phenoxy) is 1. The predicted octanol–water partition coefficient (Wildman–Crippen LogP) is 0.580. The van der Waals surface area contributed by atoms with Crippen molar-refractivity contribution in [3.63, 3.8) is 0 Å². The van der Waals surface area contributed by atoms with Gasteiger partial charge in [-0.25, -0.2) is 0 Å². The van der Waals surface area contributed by atoms with Crippen LogP contribution in [0.4, 0.5) is 0 Å². The molecule has 1 heterocycles. The molecule has 2 aliphatic rings. The van der Waals surface area contributed by atoms with Gasteiger partial charge < -0.3 is 14.7 Å². The van der Waals surface area contributed by atoms with Crippen molar-refractivity contribution in [3.05, 3.63) is 0 Å². The summed E-state index contributed by atoms with van der Waals surface area (Å²) >= 11 is 0. The van der Waals surface area contributed by atoms with Crippen molar-refractivity contribution < 1.29 is 9.84 Å². The first-order chi connectivity index (χ1) is 6.61. The van der Waals surface area contributed by atoms with Crippen molar-refractivity contribution >= 4 is 0 Å². The normalized spacial score (nSPS) is 48.2. The largest absolute Gasteiger partial charge is 0.391 e. The highest BCUT2D eigenvalue weighted by Crippen LogP contribution is 2.40. The van der Waals surface area contributed by atoms with Crippen LogP contribution in [0.5, 0.6) is 0 Å². The van der Waals surface area contributed by atoms with Gasteiger partial charge in [-0.3, -0.25) is 0 Å². The van der Waals surface area contributed by atoms with E-state index in [-0.39, 0.29) is 6.10 Å². The van der Waals surface area contributed by atoms with E-state index in [1.807, 2.05) is 0 Å². The highest BCUT2D eigenvalue weighted by Gasteiger charge is 2.44. The molecule has 2 fully saturated rings. The van der Waals surface area contributed by atoms with Crippen LogP contribution in [0.1, 0.15) is 13.3 Å². The number of aliphatic hydroxyl groups is 1. The van der Waals surface area contributed by atoms with Gasteiger partial charge in [0.15, 0.2) is 0 Å². The molecule has 3 nitrogen and oxygen atoms in total. The highest BCUT2D eigenvalue weighted by molar-refractivity contribution is 4.95. The van der Waals surface area contributed by atoms with E-state index in [4.69, 9.17) is 4.74 Å². The molecule has 0 spiro atoms. The maximum atomic E-state index is 10.2. The minimum atomic E-state index is -0.187. The third-order valence-electron chi connectivity index (χ3n) is 4.06. The van der Waals surface area contributed by atoms with E-state index in [9.17, 15) is 5.11 Å². The van der Waals surface area contributed by atoms with Crippen LogP contribution in [0.15, 0.2) is 0 Å². The maximum Gasteiger partial charge on any atom is 0.0724 e. The zero-order valence-corrected chi connectivity index (χ0v) is 9.31. The van der Waals surface area contributed by atoms with Crippen LogP contribution in [-0.2, 0) is 4.74 Å². The molecule has 0 aromatic rings. The Morgan fingerprint density at radius 1 is 1.29 bits per heavy atom. The molecule has 1 saturated carbocycles. The van der Waals surface area contributed by atoms with Crippen LogP contribution in [0.2, 0.25) is 0 Å². The molecule has 1 aliphatic carbocycles. The van der Waals surface area contributed by atoms with Crippen LogP contribution in [-0.4, -0.2) is 49.5 Å². The van der Waals surface area contributed by atoms with Gasteiger partial charge in [-0.1, -0.05) is 6.92 Å². The molecule has 0 unspecified atom stereocenters. The lowest BCUT2D eigenvalue weighted by Crippen LogP contribution is -2.51. The molecule has 1 aliphatic heterocycles. The first-order valence-corrected chi connectivity index (χ1v) is 5.53. The Morgan fingerprint density at radius 3 is 2.64 bits per heavy atom. The van der Waals surface area contributed by atoms with Gasteiger partial charge in [0.1, 0.15) is 0 Å². The number of likely N-dealkylation sites (N-methyl/N-ethyl adjacent to an activating group) is 1. The smallest absolute Gasteiger partial charge is 0.0724 e. The third-order valence-corrected chi connectivity index (χ3v) is 4.06. The van der Waals surface area contributed by atoms with E-state index in [1.54, 1.807) is 0 Å². The molecule has 0 radical (unpaired) electrons. The van der Waals surface area contributed by atoms with Gasteiger partial charge in [0.25, 0.3) is 0 Å². The first kappa shape index (κ1) is 10.4. The van der Waals surface area contributed by atoms with E-state index in [1.165, 1.54) is 0 Å². The fraction of sp³-hybridized carbons (Fsp3) is 1.00. The van der Waals surface area contributed by atoms with Crippen molar-refractivity contribution in [2.45, 2.75) is 25.5 Å². The Kier molecular flexibility index (Phi) is 2.82. The average molecular weight is 199 g/mol. The molecule has 5 atom stereocenters. The van der Waals surface area contributed by atoms with E-state index in [0.717, 1.165) is 19.6 Å². The van der Waals surface area contributed by atoms with Crippen molar-refractivity contribution in [1.82, 2.24) is 4.90 Å². The summed E-state index contributed by atoms with van der Waals surface area (Å²) in [7, 11) is 4.10. The van der Waals surface area contributed by atoms with Gasteiger partial charge in [0, 0.05) is 12.6 Å². The van der Waals surface area contributed by atoms with Gasteiger partial charge in [-0.15, -0.1) is 0 Å². The molecular formula is C11H21NO2. The Balaban J connectivity index is 2.11. The summed E-state index contributed by atoms with van der Waals surface area (Å²) < 4.78 is 5.51. The third kappa shape index (κ3) is 1.58. The molecule has 14 heavy (non-hydrogen) atoms. The lowest BCUT2D eigenvalue weighted by atomic mass is 9.70. The Hall–Kier alpha value is -0.120. The fourth-order valence-electron chi connectivity index (χ4n) is 3.01. The average Bonchev–Trinajstić information content (AvgIpc) is 2.58. The summed E-state index contributed by atoms with van der Waals surface area (Å²) in [6.07, 6.45) is 0.899. The Morgan fingerprint density at radius 2 is 2.00 bits per heavy atom. The van der Waals surface area contributed by atoms with Gasteiger partial charge in [-0.2, -0.15) is 0 Å². The molecule has 1 N–H and O–H groups in total. The number of fused-ring (bicyclic) bond motifs is 1. The van der Waals surface area contributed by atoms with Crippen molar-refractivity contribution in [3.8, 4) is 0 Å². The number of hydrogen-bond donors (Lipinski definition) is 1. The molecule has 1 saturated heterocycles. The molecule has 0 bridgehead atoms. The fourth-order valence-corrected chi connectivity index (χ4v) is 3.01. The van der Waals surface area contributed by atoms with Crippen molar-refractivity contribution in [2.24, 2.45) is 17.8 Å². The molecule has 2 rings (SSSR count). The minimum absolute atomic E-state index is 0.187. The van der Waals surface area contributed by atoms with Gasteiger partial charge in [0.05, 0.1) is 12.7 Å². The second-order valence-corrected chi connectivity index (χ2v) is 5.08. The molecule has 3 heteroatoms. The predicted molar refractivity (Wildman–Crippen MR) is 55.1 cm³/mol. The summed E-state index contributed by atoms with van der Waals surface area (Å²) in [5.74, 6) is 1.63. The second kappa shape index (κ2) is 3.80. The second-order valence-electron chi connectivity index (χ2n) is 5.08. The summed E-state index contributed by atoms with van der Waals surface area (Å²) in [5.41, 5.74) is 0. The Bertz CT molecular complexity index is 205.